The summed E-state index contributed by atoms with van der Waals surface area (Å²) in [4.78, 5) is 0. The van der Waals surface area contributed by atoms with Gasteiger partial charge in [-0.2, -0.15) is 0 Å². The zero-order valence-corrected chi connectivity index (χ0v) is 11.7. The molecule has 18 heavy (non-hydrogen) atoms. The van der Waals surface area contributed by atoms with Crippen LogP contribution in [-0.2, 0) is 14.2 Å². The summed E-state index contributed by atoms with van der Waals surface area (Å²) in [6, 6.07) is 0.572. The van der Waals surface area contributed by atoms with Gasteiger partial charge in [0, 0.05) is 39.3 Å². The molecule has 2 aliphatic heterocycles. The molecule has 4 heteroatoms. The molecule has 0 bridgehead atoms. The number of methoxy groups -OCH3 is 1. The van der Waals surface area contributed by atoms with Gasteiger partial charge in [-0.15, -0.1) is 0 Å². The first-order valence-corrected chi connectivity index (χ1v) is 7.26. The first-order chi connectivity index (χ1) is 8.78. The molecule has 0 radical (unpaired) electrons. The summed E-state index contributed by atoms with van der Waals surface area (Å²) < 4.78 is 16.9. The van der Waals surface area contributed by atoms with E-state index in [1.165, 1.54) is 12.8 Å². The predicted molar refractivity (Wildman–Crippen MR) is 70.8 cm³/mol. The van der Waals surface area contributed by atoms with E-state index >= 15 is 0 Å². The average molecular weight is 257 g/mol. The maximum atomic E-state index is 5.78. The highest BCUT2D eigenvalue weighted by Gasteiger charge is 2.35. The first kappa shape index (κ1) is 14.3. The minimum atomic E-state index is -0.0987. The fraction of sp³-hybridized carbons (Fsp3) is 1.00. The van der Waals surface area contributed by atoms with Crippen LogP contribution in [0.2, 0.25) is 0 Å². The molecule has 0 spiro atoms. The number of nitrogens with one attached hydrogen (secondary N) is 1. The smallest absolute Gasteiger partial charge is 0.106 e. The fourth-order valence-electron chi connectivity index (χ4n) is 2.88. The van der Waals surface area contributed by atoms with E-state index in [0.29, 0.717) is 12.1 Å². The van der Waals surface area contributed by atoms with Gasteiger partial charge in [-0.05, 0) is 19.3 Å². The molecule has 0 aliphatic carbocycles. The van der Waals surface area contributed by atoms with Crippen LogP contribution in [0.25, 0.3) is 0 Å². The van der Waals surface area contributed by atoms with Gasteiger partial charge in [0.25, 0.3) is 0 Å². The summed E-state index contributed by atoms with van der Waals surface area (Å²) >= 11 is 0. The summed E-state index contributed by atoms with van der Waals surface area (Å²) in [6.45, 7) is 5.54. The zero-order chi connectivity index (χ0) is 12.8. The lowest BCUT2D eigenvalue weighted by atomic mass is 9.98. The topological polar surface area (TPSA) is 39.7 Å². The Labute approximate surface area is 110 Å². The Kier molecular flexibility index (Phi) is 5.42. The lowest BCUT2D eigenvalue weighted by molar-refractivity contribution is -0.0308. The van der Waals surface area contributed by atoms with Gasteiger partial charge in [-0.3, -0.25) is 0 Å². The molecule has 0 saturated carbocycles. The third-order valence-electron chi connectivity index (χ3n) is 4.19. The van der Waals surface area contributed by atoms with Crippen molar-refractivity contribution in [2.24, 2.45) is 0 Å². The molecule has 0 amide bonds. The van der Waals surface area contributed by atoms with Crippen LogP contribution in [0.4, 0.5) is 0 Å². The van der Waals surface area contributed by atoms with Crippen molar-refractivity contribution in [3.8, 4) is 0 Å². The number of ether oxygens (including phenoxy) is 3. The van der Waals surface area contributed by atoms with Gasteiger partial charge in [0.05, 0.1) is 12.7 Å². The molecule has 4 nitrogen and oxygen atoms in total. The molecule has 3 unspecified atom stereocenters. The molecular weight excluding hydrogens is 230 g/mol. The molecule has 1 N–H and O–H groups in total. The van der Waals surface area contributed by atoms with Crippen LogP contribution in [-0.4, -0.2) is 51.2 Å². The van der Waals surface area contributed by atoms with Crippen molar-refractivity contribution in [3.05, 3.63) is 0 Å². The van der Waals surface area contributed by atoms with Crippen molar-refractivity contribution in [1.29, 1.82) is 0 Å². The summed E-state index contributed by atoms with van der Waals surface area (Å²) in [5.41, 5.74) is -0.0987. The molecule has 0 aromatic carbocycles. The SMILES string of the molecule is CCCC1CC(NCC2(OC)CCOC2)CCO1. The minimum Gasteiger partial charge on any atom is -0.378 e. The molecule has 0 aromatic heterocycles. The molecule has 2 heterocycles. The number of rotatable bonds is 6. The average Bonchev–Trinajstić information content (AvgIpc) is 2.87. The molecule has 2 saturated heterocycles. The van der Waals surface area contributed by atoms with Crippen LogP contribution >= 0.6 is 0 Å². The van der Waals surface area contributed by atoms with Crippen molar-refractivity contribution >= 4 is 0 Å². The largest absolute Gasteiger partial charge is 0.378 e. The van der Waals surface area contributed by atoms with Crippen LogP contribution in [0.15, 0.2) is 0 Å². The van der Waals surface area contributed by atoms with Gasteiger partial charge >= 0.3 is 0 Å². The van der Waals surface area contributed by atoms with E-state index < -0.39 is 0 Å². The highest BCUT2D eigenvalue weighted by Crippen LogP contribution is 2.23. The van der Waals surface area contributed by atoms with E-state index in [1.807, 2.05) is 0 Å². The third-order valence-corrected chi connectivity index (χ3v) is 4.19. The standard InChI is InChI=1S/C14H27NO3/c1-3-4-13-9-12(5-7-18-13)15-10-14(16-2)6-8-17-11-14/h12-13,15H,3-11H2,1-2H3. The van der Waals surface area contributed by atoms with Gasteiger partial charge in [0.15, 0.2) is 0 Å². The quantitative estimate of drug-likeness (QED) is 0.786. The van der Waals surface area contributed by atoms with Crippen LogP contribution in [0.5, 0.6) is 0 Å². The number of hydrogen-bond donors (Lipinski definition) is 1. The van der Waals surface area contributed by atoms with Crippen LogP contribution < -0.4 is 5.32 Å². The zero-order valence-electron chi connectivity index (χ0n) is 11.7. The Morgan fingerprint density at radius 3 is 2.94 bits per heavy atom. The second kappa shape index (κ2) is 6.85. The Morgan fingerprint density at radius 2 is 2.28 bits per heavy atom. The third kappa shape index (κ3) is 3.67. The molecule has 2 aliphatic rings. The second-order valence-electron chi connectivity index (χ2n) is 5.57. The molecule has 3 atom stereocenters. The van der Waals surface area contributed by atoms with Crippen molar-refractivity contribution in [2.75, 3.05) is 33.5 Å². The molecule has 2 rings (SSSR count). The first-order valence-electron chi connectivity index (χ1n) is 7.26. The monoisotopic (exact) mass is 257 g/mol. The summed E-state index contributed by atoms with van der Waals surface area (Å²) in [5.74, 6) is 0. The van der Waals surface area contributed by atoms with Crippen LogP contribution in [0.1, 0.15) is 39.0 Å². The highest BCUT2D eigenvalue weighted by molar-refractivity contribution is 4.89. The van der Waals surface area contributed by atoms with E-state index in [0.717, 1.165) is 45.6 Å². The molecular formula is C14H27NO3. The molecule has 106 valence electrons. The number of hydrogen-bond acceptors (Lipinski definition) is 4. The van der Waals surface area contributed by atoms with Gasteiger partial charge < -0.3 is 19.5 Å². The van der Waals surface area contributed by atoms with Crippen LogP contribution in [0.3, 0.4) is 0 Å². The summed E-state index contributed by atoms with van der Waals surface area (Å²) in [6.07, 6.45) is 6.07. The lowest BCUT2D eigenvalue weighted by Gasteiger charge is -2.33. The summed E-state index contributed by atoms with van der Waals surface area (Å²) in [7, 11) is 1.79. The Balaban J connectivity index is 1.75. The van der Waals surface area contributed by atoms with Crippen molar-refractivity contribution in [2.45, 2.75) is 56.8 Å². The second-order valence-corrected chi connectivity index (χ2v) is 5.57. The predicted octanol–water partition coefficient (Wildman–Crippen LogP) is 1.73. The van der Waals surface area contributed by atoms with E-state index in [-0.39, 0.29) is 5.60 Å². The Morgan fingerprint density at radius 1 is 1.39 bits per heavy atom. The highest BCUT2D eigenvalue weighted by atomic mass is 16.5. The van der Waals surface area contributed by atoms with Crippen molar-refractivity contribution in [3.63, 3.8) is 0 Å². The maximum Gasteiger partial charge on any atom is 0.106 e. The molecule has 2 fully saturated rings. The van der Waals surface area contributed by atoms with Crippen molar-refractivity contribution < 1.29 is 14.2 Å². The molecule has 0 aromatic rings. The maximum absolute atomic E-state index is 5.78. The fourth-order valence-corrected chi connectivity index (χ4v) is 2.88. The van der Waals surface area contributed by atoms with Gasteiger partial charge in [-0.25, -0.2) is 0 Å². The summed E-state index contributed by atoms with van der Waals surface area (Å²) in [5, 5.41) is 3.66. The minimum absolute atomic E-state index is 0.0987. The normalized spacial score (nSPS) is 37.0. The van der Waals surface area contributed by atoms with Gasteiger partial charge in [-0.1, -0.05) is 13.3 Å². The lowest BCUT2D eigenvalue weighted by Crippen LogP contribution is -2.48. The van der Waals surface area contributed by atoms with E-state index in [2.05, 4.69) is 12.2 Å². The van der Waals surface area contributed by atoms with Gasteiger partial charge in [0.1, 0.15) is 5.60 Å². The van der Waals surface area contributed by atoms with Gasteiger partial charge in [0.2, 0.25) is 0 Å². The van der Waals surface area contributed by atoms with E-state index in [4.69, 9.17) is 14.2 Å². The van der Waals surface area contributed by atoms with Crippen molar-refractivity contribution in [1.82, 2.24) is 5.32 Å². The Bertz CT molecular complexity index is 239. The van der Waals surface area contributed by atoms with Crippen LogP contribution in [0, 0.1) is 0 Å². The van der Waals surface area contributed by atoms with E-state index in [1.54, 1.807) is 7.11 Å². The Hall–Kier alpha value is -0.160. The van der Waals surface area contributed by atoms with E-state index in [9.17, 15) is 0 Å².